The maximum Gasteiger partial charge on any atom is 0.328 e. The van der Waals surface area contributed by atoms with Gasteiger partial charge in [-0.15, -0.1) is 0 Å². The summed E-state index contributed by atoms with van der Waals surface area (Å²) in [5.41, 5.74) is 1.73. The number of amides is 1. The fourth-order valence-corrected chi connectivity index (χ4v) is 2.64. The van der Waals surface area contributed by atoms with Crippen molar-refractivity contribution in [3.63, 3.8) is 0 Å². The number of hydrogen-bond donors (Lipinski definition) is 1. The van der Waals surface area contributed by atoms with E-state index in [9.17, 15) is 14.4 Å². The van der Waals surface area contributed by atoms with Crippen LogP contribution in [0.2, 0.25) is 0 Å². The molecule has 6 nitrogen and oxygen atoms in total. The summed E-state index contributed by atoms with van der Waals surface area (Å²) in [6.45, 7) is 2.16. The van der Waals surface area contributed by atoms with Crippen molar-refractivity contribution < 1.29 is 23.9 Å². The fourth-order valence-electron chi connectivity index (χ4n) is 2.64. The molecule has 0 saturated heterocycles. The van der Waals surface area contributed by atoms with Crippen LogP contribution in [0, 0.1) is 0 Å². The standard InChI is InChI=1S/C23H27NO5/c1-2-9-21(25)24-20(23(27)29-17-19-12-7-4-8-13-19)14-15-22(26)28-16-18-10-5-3-6-11-18/h3-8,10-13,20H,2,9,14-17H2,1H3,(H,24,25)/t20-/m0/s1. The van der Waals surface area contributed by atoms with E-state index in [1.54, 1.807) is 0 Å². The molecule has 0 aliphatic heterocycles. The van der Waals surface area contributed by atoms with Gasteiger partial charge in [-0.2, -0.15) is 0 Å². The molecule has 0 spiro atoms. The molecule has 0 radical (unpaired) electrons. The van der Waals surface area contributed by atoms with Crippen LogP contribution in [0.25, 0.3) is 0 Å². The molecule has 154 valence electrons. The SMILES string of the molecule is CCCC(=O)N[C@@H](CCC(=O)OCc1ccccc1)C(=O)OCc1ccccc1. The van der Waals surface area contributed by atoms with Gasteiger partial charge in [0, 0.05) is 12.8 Å². The van der Waals surface area contributed by atoms with Crippen molar-refractivity contribution in [1.82, 2.24) is 5.32 Å². The van der Waals surface area contributed by atoms with Gasteiger partial charge in [0.2, 0.25) is 5.91 Å². The number of ether oxygens (including phenoxy) is 2. The van der Waals surface area contributed by atoms with Crippen LogP contribution < -0.4 is 5.32 Å². The van der Waals surface area contributed by atoms with Crippen LogP contribution >= 0.6 is 0 Å². The van der Waals surface area contributed by atoms with Gasteiger partial charge in [-0.05, 0) is 24.0 Å². The molecular formula is C23H27NO5. The Balaban J connectivity index is 1.85. The maximum absolute atomic E-state index is 12.5. The molecule has 6 heteroatoms. The highest BCUT2D eigenvalue weighted by molar-refractivity contribution is 5.85. The Morgan fingerprint density at radius 2 is 1.38 bits per heavy atom. The second-order valence-corrected chi connectivity index (χ2v) is 6.65. The summed E-state index contributed by atoms with van der Waals surface area (Å²) in [5.74, 6) is -1.24. The molecule has 1 N–H and O–H groups in total. The van der Waals surface area contributed by atoms with Gasteiger partial charge in [-0.25, -0.2) is 4.79 Å². The molecule has 1 atom stereocenters. The van der Waals surface area contributed by atoms with Gasteiger partial charge >= 0.3 is 11.9 Å². The lowest BCUT2D eigenvalue weighted by atomic mass is 10.1. The molecule has 0 aromatic heterocycles. The summed E-state index contributed by atoms with van der Waals surface area (Å²) in [7, 11) is 0. The van der Waals surface area contributed by atoms with E-state index in [0.717, 1.165) is 11.1 Å². The molecule has 29 heavy (non-hydrogen) atoms. The van der Waals surface area contributed by atoms with E-state index in [1.165, 1.54) is 0 Å². The summed E-state index contributed by atoms with van der Waals surface area (Å²) in [6.07, 6.45) is 1.10. The number of carbonyl (C=O) groups excluding carboxylic acids is 3. The van der Waals surface area contributed by atoms with E-state index >= 15 is 0 Å². The molecule has 0 heterocycles. The predicted octanol–water partition coefficient (Wildman–Crippen LogP) is 3.54. The molecule has 1 amide bonds. The Labute approximate surface area is 171 Å². The van der Waals surface area contributed by atoms with E-state index < -0.39 is 18.0 Å². The molecule has 0 unspecified atom stereocenters. The molecule has 0 aliphatic rings. The van der Waals surface area contributed by atoms with Crippen LogP contribution in [-0.2, 0) is 37.1 Å². The number of benzene rings is 2. The minimum atomic E-state index is -0.887. The monoisotopic (exact) mass is 397 g/mol. The van der Waals surface area contributed by atoms with Crippen molar-refractivity contribution in [2.24, 2.45) is 0 Å². The number of hydrogen-bond acceptors (Lipinski definition) is 5. The molecule has 2 rings (SSSR count). The third-order valence-corrected chi connectivity index (χ3v) is 4.20. The van der Waals surface area contributed by atoms with Crippen LogP contribution in [0.15, 0.2) is 60.7 Å². The second kappa shape index (κ2) is 12.3. The minimum Gasteiger partial charge on any atom is -0.461 e. The number of nitrogens with one attached hydrogen (secondary N) is 1. The topological polar surface area (TPSA) is 81.7 Å². The van der Waals surface area contributed by atoms with Crippen LogP contribution in [-0.4, -0.2) is 23.9 Å². The van der Waals surface area contributed by atoms with Crippen molar-refractivity contribution in [1.29, 1.82) is 0 Å². The van der Waals surface area contributed by atoms with E-state index in [4.69, 9.17) is 9.47 Å². The number of rotatable bonds is 11. The first-order valence-electron chi connectivity index (χ1n) is 9.78. The van der Waals surface area contributed by atoms with Gasteiger partial charge < -0.3 is 14.8 Å². The molecule has 0 aliphatic carbocycles. The van der Waals surface area contributed by atoms with E-state index in [2.05, 4.69) is 5.32 Å². The summed E-state index contributed by atoms with van der Waals surface area (Å²) in [5, 5.41) is 2.66. The highest BCUT2D eigenvalue weighted by Gasteiger charge is 2.23. The van der Waals surface area contributed by atoms with Gasteiger partial charge in [0.05, 0.1) is 0 Å². The van der Waals surface area contributed by atoms with Gasteiger partial charge in [-0.3, -0.25) is 9.59 Å². The normalized spacial score (nSPS) is 11.3. The van der Waals surface area contributed by atoms with E-state index in [1.807, 2.05) is 67.6 Å². The zero-order valence-electron chi connectivity index (χ0n) is 16.6. The quantitative estimate of drug-likeness (QED) is 0.587. The third kappa shape index (κ3) is 8.60. The molecular weight excluding hydrogens is 370 g/mol. The summed E-state index contributed by atoms with van der Waals surface area (Å²) in [4.78, 5) is 36.5. The van der Waals surface area contributed by atoms with Crippen molar-refractivity contribution in [3.05, 3.63) is 71.8 Å². The Hall–Kier alpha value is -3.15. The predicted molar refractivity (Wildman–Crippen MR) is 109 cm³/mol. The summed E-state index contributed by atoms with van der Waals surface area (Å²) >= 11 is 0. The molecule has 2 aromatic rings. The molecule has 0 bridgehead atoms. The Kier molecular flexibility index (Phi) is 9.42. The maximum atomic E-state index is 12.5. The summed E-state index contributed by atoms with van der Waals surface area (Å²) < 4.78 is 10.6. The number of carbonyl (C=O) groups is 3. The Bertz CT molecular complexity index is 776. The molecule has 2 aromatic carbocycles. The first kappa shape index (κ1) is 22.1. The lowest BCUT2D eigenvalue weighted by Gasteiger charge is -2.17. The van der Waals surface area contributed by atoms with Gasteiger partial charge in [0.15, 0.2) is 0 Å². The van der Waals surface area contributed by atoms with Crippen LogP contribution in [0.1, 0.15) is 43.7 Å². The van der Waals surface area contributed by atoms with Crippen molar-refractivity contribution in [2.45, 2.75) is 51.9 Å². The van der Waals surface area contributed by atoms with Gasteiger partial charge in [-0.1, -0.05) is 67.6 Å². The zero-order valence-corrected chi connectivity index (χ0v) is 16.6. The van der Waals surface area contributed by atoms with Crippen LogP contribution in [0.5, 0.6) is 0 Å². The lowest BCUT2D eigenvalue weighted by molar-refractivity contribution is -0.150. The fraction of sp³-hybridized carbons (Fsp3) is 0.348. The largest absolute Gasteiger partial charge is 0.461 e. The smallest absolute Gasteiger partial charge is 0.328 e. The van der Waals surface area contributed by atoms with Crippen molar-refractivity contribution in [3.8, 4) is 0 Å². The third-order valence-electron chi connectivity index (χ3n) is 4.20. The van der Waals surface area contributed by atoms with Gasteiger partial charge in [0.25, 0.3) is 0 Å². The highest BCUT2D eigenvalue weighted by Crippen LogP contribution is 2.08. The van der Waals surface area contributed by atoms with E-state index in [-0.39, 0.29) is 32.0 Å². The lowest BCUT2D eigenvalue weighted by Crippen LogP contribution is -2.42. The Morgan fingerprint density at radius 3 is 1.93 bits per heavy atom. The first-order chi connectivity index (χ1) is 14.1. The van der Waals surface area contributed by atoms with Crippen molar-refractivity contribution >= 4 is 17.8 Å². The van der Waals surface area contributed by atoms with Crippen LogP contribution in [0.4, 0.5) is 0 Å². The van der Waals surface area contributed by atoms with E-state index in [0.29, 0.717) is 12.8 Å². The highest BCUT2D eigenvalue weighted by atomic mass is 16.5. The summed E-state index contributed by atoms with van der Waals surface area (Å²) in [6, 6.07) is 17.7. The zero-order chi connectivity index (χ0) is 20.9. The minimum absolute atomic E-state index is 0.00431. The number of esters is 2. The first-order valence-corrected chi connectivity index (χ1v) is 9.78. The van der Waals surface area contributed by atoms with Crippen molar-refractivity contribution in [2.75, 3.05) is 0 Å². The molecule has 0 saturated carbocycles. The van der Waals surface area contributed by atoms with Gasteiger partial charge in [0.1, 0.15) is 19.3 Å². The Morgan fingerprint density at radius 1 is 0.828 bits per heavy atom. The average Bonchev–Trinajstić information content (AvgIpc) is 2.75. The average molecular weight is 397 g/mol. The second-order valence-electron chi connectivity index (χ2n) is 6.65. The van der Waals surface area contributed by atoms with Crippen LogP contribution in [0.3, 0.4) is 0 Å². The molecule has 0 fully saturated rings.